The first-order chi connectivity index (χ1) is 9.99. The van der Waals surface area contributed by atoms with E-state index in [-0.39, 0.29) is 30.5 Å². The first kappa shape index (κ1) is 16.8. The summed E-state index contributed by atoms with van der Waals surface area (Å²) < 4.78 is 11.1. The lowest BCUT2D eigenvalue weighted by Crippen LogP contribution is -2.54. The van der Waals surface area contributed by atoms with Gasteiger partial charge in [0.25, 0.3) is 0 Å². The van der Waals surface area contributed by atoms with Crippen molar-refractivity contribution in [2.75, 3.05) is 13.2 Å². The van der Waals surface area contributed by atoms with E-state index in [1.165, 1.54) is 0 Å². The minimum Gasteiger partial charge on any atom is -0.387 e. The van der Waals surface area contributed by atoms with E-state index in [1.807, 2.05) is 6.92 Å². The lowest BCUT2D eigenvalue weighted by Gasteiger charge is -2.48. The molecule has 21 heavy (non-hydrogen) atoms. The van der Waals surface area contributed by atoms with Crippen molar-refractivity contribution in [3.05, 3.63) is 0 Å². The third-order valence-electron chi connectivity index (χ3n) is 5.36. The van der Waals surface area contributed by atoms with Crippen LogP contribution in [0.5, 0.6) is 0 Å². The van der Waals surface area contributed by atoms with Gasteiger partial charge in [0.15, 0.2) is 6.29 Å². The summed E-state index contributed by atoms with van der Waals surface area (Å²) in [6, 6.07) is 0. The van der Waals surface area contributed by atoms with E-state index in [2.05, 4.69) is 12.8 Å². The third-order valence-corrected chi connectivity index (χ3v) is 5.36. The summed E-state index contributed by atoms with van der Waals surface area (Å²) >= 11 is 0. The topological polar surface area (TPSA) is 58.9 Å². The van der Waals surface area contributed by atoms with Crippen molar-refractivity contribution in [3.63, 3.8) is 0 Å². The van der Waals surface area contributed by atoms with Gasteiger partial charge in [0, 0.05) is 5.92 Å². The Morgan fingerprint density at radius 2 is 2.14 bits per heavy atom. The Labute approximate surface area is 127 Å². The van der Waals surface area contributed by atoms with Crippen LogP contribution in [0.3, 0.4) is 0 Å². The molecule has 1 saturated heterocycles. The summed E-state index contributed by atoms with van der Waals surface area (Å²) in [5.41, 5.74) is -0.858. The Kier molecular flexibility index (Phi) is 5.67. The van der Waals surface area contributed by atoms with E-state index >= 15 is 0 Å². The number of aliphatic hydroxyl groups is 2. The summed E-state index contributed by atoms with van der Waals surface area (Å²) in [5.74, 6) is 2.44. The van der Waals surface area contributed by atoms with Crippen LogP contribution in [-0.4, -0.2) is 41.4 Å². The van der Waals surface area contributed by atoms with Crippen molar-refractivity contribution in [2.24, 2.45) is 17.8 Å². The second kappa shape index (κ2) is 7.11. The molecule has 2 aliphatic rings. The summed E-state index contributed by atoms with van der Waals surface area (Å²) in [6.07, 6.45) is 9.42. The van der Waals surface area contributed by atoms with Gasteiger partial charge in [-0.2, -0.15) is 0 Å². The van der Waals surface area contributed by atoms with E-state index in [0.29, 0.717) is 6.61 Å². The predicted molar refractivity (Wildman–Crippen MR) is 80.4 cm³/mol. The van der Waals surface area contributed by atoms with Crippen LogP contribution >= 0.6 is 0 Å². The van der Waals surface area contributed by atoms with Crippen LogP contribution in [0.4, 0.5) is 0 Å². The lowest BCUT2D eigenvalue weighted by atomic mass is 9.63. The molecule has 1 aliphatic heterocycles. The molecule has 2 unspecified atom stereocenters. The summed E-state index contributed by atoms with van der Waals surface area (Å²) in [5, 5.41) is 21.4. The Balaban J connectivity index is 2.12. The average molecular weight is 296 g/mol. The van der Waals surface area contributed by atoms with Crippen molar-refractivity contribution >= 4 is 0 Å². The molecular formula is C17H28O4. The van der Waals surface area contributed by atoms with E-state index < -0.39 is 11.9 Å². The fourth-order valence-electron chi connectivity index (χ4n) is 4.00. The molecule has 1 saturated carbocycles. The molecule has 0 aromatic rings. The summed E-state index contributed by atoms with van der Waals surface area (Å²) in [7, 11) is 0. The minimum atomic E-state index is -0.936. The number of hydrogen-bond acceptors (Lipinski definition) is 4. The lowest BCUT2D eigenvalue weighted by molar-refractivity contribution is -0.196. The molecule has 0 spiro atoms. The quantitative estimate of drug-likeness (QED) is 0.615. The standard InChI is InChI=1S/C17H28O4/c1-4-10-20-16(18)13(3)15-7-5-6-14-9-8-12(2)21-11-17(14,15)19/h1,12-16,18-19H,5-11H2,2-3H3/t12?,13?,14-,15+,16+,17-/m1/s1. The molecule has 0 aromatic carbocycles. The predicted octanol–water partition coefficient (Wildman–Crippen LogP) is 1.94. The fourth-order valence-corrected chi connectivity index (χ4v) is 4.00. The Morgan fingerprint density at radius 1 is 1.38 bits per heavy atom. The summed E-state index contributed by atoms with van der Waals surface area (Å²) in [6.45, 7) is 4.44. The number of ether oxygens (including phenoxy) is 2. The highest BCUT2D eigenvalue weighted by atomic mass is 16.6. The molecule has 1 aliphatic carbocycles. The first-order valence-electron chi connectivity index (χ1n) is 8.06. The maximum atomic E-state index is 11.3. The molecule has 0 radical (unpaired) electrons. The molecule has 0 amide bonds. The van der Waals surface area contributed by atoms with Gasteiger partial charge in [-0.1, -0.05) is 19.3 Å². The average Bonchev–Trinajstić information content (AvgIpc) is 2.63. The highest BCUT2D eigenvalue weighted by Gasteiger charge is 2.50. The van der Waals surface area contributed by atoms with Gasteiger partial charge in [0.2, 0.25) is 0 Å². The highest BCUT2D eigenvalue weighted by Crippen LogP contribution is 2.46. The second-order valence-corrected chi connectivity index (χ2v) is 6.69. The maximum absolute atomic E-state index is 11.3. The van der Waals surface area contributed by atoms with Gasteiger partial charge >= 0.3 is 0 Å². The molecular weight excluding hydrogens is 268 g/mol. The molecule has 0 aromatic heterocycles. The molecule has 2 fully saturated rings. The number of hydrogen-bond donors (Lipinski definition) is 2. The molecule has 1 heterocycles. The van der Waals surface area contributed by atoms with Gasteiger partial charge in [-0.3, -0.25) is 0 Å². The van der Waals surface area contributed by atoms with Crippen molar-refractivity contribution in [3.8, 4) is 12.3 Å². The smallest absolute Gasteiger partial charge is 0.158 e. The monoisotopic (exact) mass is 296 g/mol. The zero-order valence-corrected chi connectivity index (χ0v) is 13.1. The number of aliphatic hydroxyl groups excluding tert-OH is 1. The molecule has 120 valence electrons. The molecule has 2 N–H and O–H groups in total. The van der Waals surface area contributed by atoms with Gasteiger partial charge < -0.3 is 19.7 Å². The van der Waals surface area contributed by atoms with Gasteiger partial charge in [0.05, 0.1) is 18.3 Å². The van der Waals surface area contributed by atoms with Gasteiger partial charge in [-0.15, -0.1) is 6.42 Å². The van der Waals surface area contributed by atoms with Crippen LogP contribution in [-0.2, 0) is 9.47 Å². The van der Waals surface area contributed by atoms with Crippen LogP contribution in [0.15, 0.2) is 0 Å². The fraction of sp³-hybridized carbons (Fsp3) is 0.882. The van der Waals surface area contributed by atoms with Crippen LogP contribution < -0.4 is 0 Å². The molecule has 6 atom stereocenters. The number of fused-ring (bicyclic) bond motifs is 1. The normalized spacial score (nSPS) is 39.7. The Morgan fingerprint density at radius 3 is 2.86 bits per heavy atom. The van der Waals surface area contributed by atoms with E-state index in [1.54, 1.807) is 0 Å². The van der Waals surface area contributed by atoms with Gasteiger partial charge in [0.1, 0.15) is 6.61 Å². The van der Waals surface area contributed by atoms with E-state index in [4.69, 9.17) is 15.9 Å². The number of rotatable bonds is 4. The van der Waals surface area contributed by atoms with Crippen molar-refractivity contribution in [2.45, 2.75) is 63.9 Å². The SMILES string of the molecule is C#CCO[C@H](O)C(C)[C@@H]1CCC[C@@H]2CCC(C)OC[C@@]21O. The minimum absolute atomic E-state index is 0.0191. The number of terminal acetylenes is 1. The third kappa shape index (κ3) is 3.60. The highest BCUT2D eigenvalue weighted by molar-refractivity contribution is 5.00. The van der Waals surface area contributed by atoms with Crippen LogP contribution in [0, 0.1) is 30.1 Å². The second-order valence-electron chi connectivity index (χ2n) is 6.69. The van der Waals surface area contributed by atoms with E-state index in [9.17, 15) is 10.2 Å². The van der Waals surface area contributed by atoms with Crippen LogP contribution in [0.2, 0.25) is 0 Å². The van der Waals surface area contributed by atoms with Crippen LogP contribution in [0.25, 0.3) is 0 Å². The van der Waals surface area contributed by atoms with Crippen LogP contribution in [0.1, 0.15) is 46.0 Å². The first-order valence-corrected chi connectivity index (χ1v) is 8.06. The zero-order valence-electron chi connectivity index (χ0n) is 13.1. The van der Waals surface area contributed by atoms with Crippen molar-refractivity contribution in [1.82, 2.24) is 0 Å². The Bertz CT molecular complexity index is 377. The molecule has 0 bridgehead atoms. The Hall–Kier alpha value is -0.600. The van der Waals surface area contributed by atoms with E-state index in [0.717, 1.165) is 32.1 Å². The largest absolute Gasteiger partial charge is 0.387 e. The molecule has 4 nitrogen and oxygen atoms in total. The zero-order chi connectivity index (χ0) is 15.5. The maximum Gasteiger partial charge on any atom is 0.158 e. The molecule has 4 heteroatoms. The van der Waals surface area contributed by atoms with Gasteiger partial charge in [-0.05, 0) is 44.4 Å². The summed E-state index contributed by atoms with van der Waals surface area (Å²) in [4.78, 5) is 0. The van der Waals surface area contributed by atoms with Crippen molar-refractivity contribution < 1.29 is 19.7 Å². The molecule has 2 rings (SSSR count). The van der Waals surface area contributed by atoms with Gasteiger partial charge in [-0.25, -0.2) is 0 Å². The van der Waals surface area contributed by atoms with Crippen molar-refractivity contribution in [1.29, 1.82) is 0 Å².